The molecule has 1 unspecified atom stereocenters. The van der Waals surface area contributed by atoms with Gasteiger partial charge in [0.05, 0.1) is 11.9 Å². The van der Waals surface area contributed by atoms with Crippen LogP contribution >= 0.6 is 0 Å². The second kappa shape index (κ2) is 5.79. The zero-order valence-corrected chi connectivity index (χ0v) is 9.89. The molecule has 1 atom stereocenters. The fraction of sp³-hybridized carbons (Fsp3) is 1.00. The van der Waals surface area contributed by atoms with E-state index >= 15 is 0 Å². The fourth-order valence-corrected chi connectivity index (χ4v) is 2.74. The predicted molar refractivity (Wildman–Crippen MR) is 59.1 cm³/mol. The molecule has 1 aliphatic rings. The molecule has 1 saturated carbocycles. The van der Waals surface area contributed by atoms with Gasteiger partial charge >= 0.3 is 0 Å². The monoisotopic (exact) mass is 236 g/mol. The summed E-state index contributed by atoms with van der Waals surface area (Å²) in [5.74, 6) is 0.650. The van der Waals surface area contributed by atoms with Crippen molar-refractivity contribution in [3.8, 4) is 0 Å². The van der Waals surface area contributed by atoms with E-state index in [0.717, 1.165) is 12.8 Å². The summed E-state index contributed by atoms with van der Waals surface area (Å²) in [6.07, 6.45) is 1.69. The van der Waals surface area contributed by atoms with E-state index in [4.69, 9.17) is 5.11 Å². The minimum absolute atomic E-state index is 0.267. The summed E-state index contributed by atoms with van der Waals surface area (Å²) in [6.45, 7) is 3.12. The van der Waals surface area contributed by atoms with Gasteiger partial charge in [0, 0.05) is 19.6 Å². The Labute approximate surface area is 91.3 Å². The molecule has 0 aliphatic heterocycles. The van der Waals surface area contributed by atoms with Crippen LogP contribution in [0.1, 0.15) is 19.8 Å². The van der Waals surface area contributed by atoms with Crippen LogP contribution < -0.4 is 10.0 Å². The molecule has 0 spiro atoms. The normalized spacial score (nSPS) is 19.1. The Bertz CT molecular complexity index is 273. The highest BCUT2D eigenvalue weighted by Gasteiger charge is 2.27. The van der Waals surface area contributed by atoms with E-state index in [0.29, 0.717) is 25.6 Å². The molecule has 15 heavy (non-hydrogen) atoms. The van der Waals surface area contributed by atoms with Crippen molar-refractivity contribution < 1.29 is 13.5 Å². The van der Waals surface area contributed by atoms with Crippen LogP contribution in [0.15, 0.2) is 0 Å². The molecular formula is C9H20N2O3S. The molecule has 90 valence electrons. The Morgan fingerprint density at radius 2 is 2.07 bits per heavy atom. The molecule has 0 aromatic heterocycles. The molecule has 0 bridgehead atoms. The first kappa shape index (κ1) is 12.9. The summed E-state index contributed by atoms with van der Waals surface area (Å²) in [4.78, 5) is 0. The number of hydrogen-bond acceptors (Lipinski definition) is 4. The van der Waals surface area contributed by atoms with E-state index in [1.165, 1.54) is 0 Å². The average Bonchev–Trinajstić information content (AvgIpc) is 2.86. The summed E-state index contributed by atoms with van der Waals surface area (Å²) in [5.41, 5.74) is 0. The summed E-state index contributed by atoms with van der Waals surface area (Å²) in [6, 6.07) is 0. The van der Waals surface area contributed by atoms with Gasteiger partial charge in [-0.25, -0.2) is 13.1 Å². The number of nitrogens with one attached hydrogen (secondary N) is 2. The van der Waals surface area contributed by atoms with Crippen molar-refractivity contribution in [2.24, 2.45) is 5.92 Å². The molecule has 0 amide bonds. The van der Waals surface area contributed by atoms with Crippen molar-refractivity contribution in [2.45, 2.75) is 25.9 Å². The van der Waals surface area contributed by atoms with Crippen LogP contribution in [0.4, 0.5) is 0 Å². The Morgan fingerprint density at radius 3 is 2.60 bits per heavy atom. The topological polar surface area (TPSA) is 78.4 Å². The van der Waals surface area contributed by atoms with Crippen LogP contribution in [0.25, 0.3) is 0 Å². The van der Waals surface area contributed by atoms with E-state index in [-0.39, 0.29) is 5.75 Å². The Hall–Kier alpha value is -0.170. The molecule has 5 nitrogen and oxygen atoms in total. The molecule has 3 N–H and O–H groups in total. The average molecular weight is 236 g/mol. The quantitative estimate of drug-likeness (QED) is 0.486. The first-order valence-corrected chi connectivity index (χ1v) is 7.01. The highest BCUT2D eigenvalue weighted by Crippen LogP contribution is 2.29. The van der Waals surface area contributed by atoms with Crippen molar-refractivity contribution in [1.29, 1.82) is 0 Å². The maximum absolute atomic E-state index is 11.4. The van der Waals surface area contributed by atoms with Crippen molar-refractivity contribution in [1.82, 2.24) is 10.0 Å². The van der Waals surface area contributed by atoms with Crippen molar-refractivity contribution in [3.05, 3.63) is 0 Å². The van der Waals surface area contributed by atoms with Crippen molar-refractivity contribution >= 4 is 10.0 Å². The van der Waals surface area contributed by atoms with Crippen LogP contribution in [0.2, 0.25) is 0 Å². The number of hydrogen-bond donors (Lipinski definition) is 3. The predicted octanol–water partition coefficient (Wildman–Crippen LogP) is -0.714. The van der Waals surface area contributed by atoms with E-state index < -0.39 is 16.1 Å². The van der Waals surface area contributed by atoms with Gasteiger partial charge in [-0.2, -0.15) is 0 Å². The minimum Gasteiger partial charge on any atom is -0.392 e. The second-order valence-corrected chi connectivity index (χ2v) is 6.02. The smallest absolute Gasteiger partial charge is 0.211 e. The molecule has 1 fully saturated rings. The second-order valence-electron chi connectivity index (χ2n) is 4.17. The molecule has 0 saturated heterocycles. The third-order valence-corrected chi connectivity index (χ3v) is 3.77. The van der Waals surface area contributed by atoms with Gasteiger partial charge in [-0.1, -0.05) is 0 Å². The van der Waals surface area contributed by atoms with Crippen LogP contribution in [0.5, 0.6) is 0 Å². The zero-order chi connectivity index (χ0) is 11.3. The summed E-state index contributed by atoms with van der Waals surface area (Å²) >= 11 is 0. The van der Waals surface area contributed by atoms with Gasteiger partial charge in [0.2, 0.25) is 10.0 Å². The number of aliphatic hydroxyl groups is 1. The third-order valence-electron chi connectivity index (χ3n) is 2.22. The van der Waals surface area contributed by atoms with E-state index in [9.17, 15) is 8.42 Å². The summed E-state index contributed by atoms with van der Waals surface area (Å²) < 4.78 is 25.3. The van der Waals surface area contributed by atoms with E-state index in [2.05, 4.69) is 10.0 Å². The van der Waals surface area contributed by atoms with E-state index in [1.807, 2.05) is 0 Å². The minimum atomic E-state index is -3.07. The lowest BCUT2D eigenvalue weighted by molar-refractivity contribution is 0.192. The number of sulfonamides is 1. The van der Waals surface area contributed by atoms with E-state index in [1.54, 1.807) is 6.92 Å². The Morgan fingerprint density at radius 1 is 1.40 bits per heavy atom. The fourth-order valence-electron chi connectivity index (χ4n) is 1.26. The lowest BCUT2D eigenvalue weighted by Crippen LogP contribution is -2.35. The van der Waals surface area contributed by atoms with Gasteiger partial charge in [-0.3, -0.25) is 0 Å². The van der Waals surface area contributed by atoms with Crippen LogP contribution in [0, 0.1) is 5.92 Å². The van der Waals surface area contributed by atoms with Crippen LogP contribution in [0.3, 0.4) is 0 Å². The van der Waals surface area contributed by atoms with Gasteiger partial charge in [-0.05, 0) is 25.7 Å². The number of aliphatic hydroxyl groups excluding tert-OH is 1. The Balaban J connectivity index is 2.02. The molecule has 0 radical (unpaired) electrons. The molecule has 0 aromatic carbocycles. The molecule has 0 heterocycles. The lowest BCUT2D eigenvalue weighted by atomic mass is 10.4. The first-order valence-electron chi connectivity index (χ1n) is 5.36. The van der Waals surface area contributed by atoms with Crippen molar-refractivity contribution in [2.75, 3.05) is 25.4 Å². The molecule has 1 aliphatic carbocycles. The maximum atomic E-state index is 11.4. The zero-order valence-electron chi connectivity index (χ0n) is 9.07. The first-order chi connectivity index (χ1) is 6.99. The lowest BCUT2D eigenvalue weighted by Gasteiger charge is -2.08. The van der Waals surface area contributed by atoms with Gasteiger partial charge in [0.15, 0.2) is 0 Å². The summed E-state index contributed by atoms with van der Waals surface area (Å²) in [5, 5.41) is 11.9. The maximum Gasteiger partial charge on any atom is 0.211 e. The van der Waals surface area contributed by atoms with Crippen LogP contribution in [-0.4, -0.2) is 45.0 Å². The van der Waals surface area contributed by atoms with Gasteiger partial charge in [0.25, 0.3) is 0 Å². The summed E-state index contributed by atoms with van der Waals surface area (Å²) in [7, 11) is -3.07. The number of rotatable bonds is 8. The highest BCUT2D eigenvalue weighted by atomic mass is 32.2. The standard InChI is InChI=1S/C9H20N2O3S/c1-8(12)6-10-4-5-11-15(13,14)7-9-2-3-9/h8-12H,2-7H2,1H3. The molecule has 1 rings (SSSR count). The van der Waals surface area contributed by atoms with Gasteiger partial charge in [0.1, 0.15) is 0 Å². The highest BCUT2D eigenvalue weighted by molar-refractivity contribution is 7.89. The molecule has 0 aromatic rings. The van der Waals surface area contributed by atoms with Gasteiger partial charge < -0.3 is 10.4 Å². The van der Waals surface area contributed by atoms with Crippen molar-refractivity contribution in [3.63, 3.8) is 0 Å². The van der Waals surface area contributed by atoms with Gasteiger partial charge in [-0.15, -0.1) is 0 Å². The third kappa shape index (κ3) is 6.83. The van der Waals surface area contributed by atoms with Crippen LogP contribution in [-0.2, 0) is 10.0 Å². The molecular weight excluding hydrogens is 216 g/mol. The largest absolute Gasteiger partial charge is 0.392 e. The Kier molecular flexibility index (Phi) is 4.98. The SMILES string of the molecule is CC(O)CNCCNS(=O)(=O)CC1CC1. The molecule has 6 heteroatoms.